The highest BCUT2D eigenvalue weighted by molar-refractivity contribution is 5.95. The molecule has 0 saturated carbocycles. The summed E-state index contributed by atoms with van der Waals surface area (Å²) in [4.78, 5) is 24.3. The lowest BCUT2D eigenvalue weighted by molar-refractivity contribution is -0.146. The molecule has 0 aromatic heterocycles. The minimum atomic E-state index is -1.08. The summed E-state index contributed by atoms with van der Waals surface area (Å²) in [7, 11) is 0. The van der Waals surface area contributed by atoms with Gasteiger partial charge in [0, 0.05) is 19.0 Å². The highest BCUT2D eigenvalue weighted by Crippen LogP contribution is 2.19. The van der Waals surface area contributed by atoms with Gasteiger partial charge < -0.3 is 15.1 Å². The Hall–Kier alpha value is -2.14. The fourth-order valence-corrected chi connectivity index (χ4v) is 2.32. The van der Waals surface area contributed by atoms with Crippen LogP contribution < -0.4 is 0 Å². The van der Waals surface area contributed by atoms with Crippen molar-refractivity contribution in [1.82, 2.24) is 4.90 Å². The van der Waals surface area contributed by atoms with E-state index in [1.807, 2.05) is 31.2 Å². The number of carboxylic acid groups (broad SMARTS) is 1. The van der Waals surface area contributed by atoms with E-state index >= 15 is 0 Å². The summed E-state index contributed by atoms with van der Waals surface area (Å²) in [5.74, 6) is -1.48. The quantitative estimate of drug-likeness (QED) is 0.808. The standard InChI is InChI=1S/C15H17NO4/c1-10-4-2-3-5-11(10)6-7-14(18)16-9-12(17)8-13(16)15(19)20/h2-7,12-13,17H,8-9H2,1H3,(H,19,20)/b7-6+/t12?,13-/m0/s1. The van der Waals surface area contributed by atoms with Crippen LogP contribution in [-0.2, 0) is 9.59 Å². The van der Waals surface area contributed by atoms with Crippen LogP contribution in [0.15, 0.2) is 30.3 Å². The molecule has 2 atom stereocenters. The van der Waals surface area contributed by atoms with Crippen LogP contribution in [0.2, 0.25) is 0 Å². The zero-order valence-electron chi connectivity index (χ0n) is 11.2. The number of hydrogen-bond donors (Lipinski definition) is 2. The van der Waals surface area contributed by atoms with Gasteiger partial charge in [-0.25, -0.2) is 4.79 Å². The molecule has 106 valence electrons. The summed E-state index contributed by atoms with van der Waals surface area (Å²) >= 11 is 0. The highest BCUT2D eigenvalue weighted by Gasteiger charge is 2.37. The first-order valence-corrected chi connectivity index (χ1v) is 6.44. The van der Waals surface area contributed by atoms with Gasteiger partial charge in [0.15, 0.2) is 0 Å². The van der Waals surface area contributed by atoms with E-state index in [-0.39, 0.29) is 13.0 Å². The number of aliphatic hydroxyl groups excluding tert-OH is 1. The van der Waals surface area contributed by atoms with Gasteiger partial charge in [-0.1, -0.05) is 24.3 Å². The van der Waals surface area contributed by atoms with Gasteiger partial charge in [-0.15, -0.1) is 0 Å². The first-order valence-electron chi connectivity index (χ1n) is 6.44. The molecule has 1 unspecified atom stereocenters. The Bertz CT molecular complexity index is 553. The summed E-state index contributed by atoms with van der Waals surface area (Å²) in [5, 5.41) is 18.6. The summed E-state index contributed by atoms with van der Waals surface area (Å²) in [6.45, 7) is 2.00. The van der Waals surface area contributed by atoms with Crippen LogP contribution >= 0.6 is 0 Å². The van der Waals surface area contributed by atoms with Gasteiger partial charge >= 0.3 is 5.97 Å². The zero-order valence-corrected chi connectivity index (χ0v) is 11.2. The summed E-state index contributed by atoms with van der Waals surface area (Å²) in [6, 6.07) is 6.65. The SMILES string of the molecule is Cc1ccccc1/C=C/C(=O)N1CC(O)C[C@H]1C(=O)O. The van der Waals surface area contributed by atoms with E-state index in [4.69, 9.17) is 5.11 Å². The van der Waals surface area contributed by atoms with Gasteiger partial charge in [0.2, 0.25) is 5.91 Å². The minimum absolute atomic E-state index is 0.0634. The number of carbonyl (C=O) groups is 2. The molecule has 1 aromatic carbocycles. The molecule has 0 bridgehead atoms. The summed E-state index contributed by atoms with van der Waals surface area (Å²) < 4.78 is 0. The Kier molecular flexibility index (Phi) is 4.20. The lowest BCUT2D eigenvalue weighted by Crippen LogP contribution is -2.39. The van der Waals surface area contributed by atoms with E-state index in [0.717, 1.165) is 11.1 Å². The molecule has 1 heterocycles. The summed E-state index contributed by atoms with van der Waals surface area (Å²) in [6.07, 6.45) is 2.34. The molecule has 1 aliphatic heterocycles. The molecular weight excluding hydrogens is 258 g/mol. The molecule has 5 nitrogen and oxygen atoms in total. The van der Waals surface area contributed by atoms with Crippen LogP contribution in [0.3, 0.4) is 0 Å². The zero-order chi connectivity index (χ0) is 14.7. The van der Waals surface area contributed by atoms with Crippen LogP contribution in [0.4, 0.5) is 0 Å². The van der Waals surface area contributed by atoms with Crippen molar-refractivity contribution < 1.29 is 19.8 Å². The van der Waals surface area contributed by atoms with Gasteiger partial charge in [0.1, 0.15) is 6.04 Å². The van der Waals surface area contributed by atoms with Crippen molar-refractivity contribution in [3.05, 3.63) is 41.5 Å². The smallest absolute Gasteiger partial charge is 0.326 e. The molecule has 5 heteroatoms. The molecule has 1 amide bonds. The maximum atomic E-state index is 12.1. The van der Waals surface area contributed by atoms with Crippen molar-refractivity contribution in [2.24, 2.45) is 0 Å². The number of aliphatic hydroxyl groups is 1. The van der Waals surface area contributed by atoms with Crippen molar-refractivity contribution in [2.45, 2.75) is 25.5 Å². The number of amides is 1. The molecule has 0 radical (unpaired) electrons. The topological polar surface area (TPSA) is 77.8 Å². The first-order chi connectivity index (χ1) is 9.49. The average Bonchev–Trinajstić information content (AvgIpc) is 2.80. The number of carbonyl (C=O) groups excluding carboxylic acids is 1. The molecule has 1 fully saturated rings. The Morgan fingerprint density at radius 3 is 2.70 bits per heavy atom. The molecule has 0 spiro atoms. The monoisotopic (exact) mass is 275 g/mol. The van der Waals surface area contributed by atoms with Crippen LogP contribution in [-0.4, -0.2) is 45.7 Å². The maximum absolute atomic E-state index is 12.1. The molecule has 0 aliphatic carbocycles. The number of aryl methyl sites for hydroxylation is 1. The average molecular weight is 275 g/mol. The second-order valence-corrected chi connectivity index (χ2v) is 4.92. The number of β-amino-alcohol motifs (C(OH)–C–C–N with tert-alkyl or cyclic N) is 1. The molecular formula is C15H17NO4. The molecule has 1 saturated heterocycles. The molecule has 2 N–H and O–H groups in total. The van der Waals surface area contributed by atoms with Crippen LogP contribution in [0.1, 0.15) is 17.5 Å². The van der Waals surface area contributed by atoms with Gasteiger partial charge in [-0.2, -0.15) is 0 Å². The minimum Gasteiger partial charge on any atom is -0.480 e. The molecule has 1 aromatic rings. The fraction of sp³-hybridized carbons (Fsp3) is 0.333. The number of carboxylic acids is 1. The highest BCUT2D eigenvalue weighted by atomic mass is 16.4. The first kappa shape index (κ1) is 14.3. The number of rotatable bonds is 3. The normalized spacial score (nSPS) is 22.4. The van der Waals surface area contributed by atoms with E-state index in [1.54, 1.807) is 6.08 Å². The summed E-state index contributed by atoms with van der Waals surface area (Å²) in [5.41, 5.74) is 1.94. The Labute approximate surface area is 117 Å². The fourth-order valence-electron chi connectivity index (χ4n) is 2.32. The van der Waals surface area contributed by atoms with Gasteiger partial charge in [0.05, 0.1) is 6.10 Å². The van der Waals surface area contributed by atoms with Gasteiger partial charge in [-0.3, -0.25) is 4.79 Å². The predicted octanol–water partition coefficient (Wildman–Crippen LogP) is 1.05. The van der Waals surface area contributed by atoms with Crippen molar-refractivity contribution in [2.75, 3.05) is 6.54 Å². The van der Waals surface area contributed by atoms with Crippen LogP contribution in [0.25, 0.3) is 6.08 Å². The predicted molar refractivity (Wildman–Crippen MR) is 74.0 cm³/mol. The Morgan fingerprint density at radius 2 is 2.05 bits per heavy atom. The molecule has 20 heavy (non-hydrogen) atoms. The Morgan fingerprint density at radius 1 is 1.35 bits per heavy atom. The van der Waals surface area contributed by atoms with E-state index < -0.39 is 24.0 Å². The number of nitrogens with zero attached hydrogens (tertiary/aromatic N) is 1. The van der Waals surface area contributed by atoms with E-state index in [2.05, 4.69) is 0 Å². The van der Waals surface area contributed by atoms with Gasteiger partial charge in [-0.05, 0) is 24.1 Å². The van der Waals surface area contributed by atoms with E-state index in [9.17, 15) is 14.7 Å². The maximum Gasteiger partial charge on any atom is 0.326 e. The third-order valence-electron chi connectivity index (χ3n) is 3.44. The third-order valence-corrected chi connectivity index (χ3v) is 3.44. The second kappa shape index (κ2) is 5.88. The van der Waals surface area contributed by atoms with Crippen LogP contribution in [0, 0.1) is 6.92 Å². The third kappa shape index (κ3) is 3.05. The number of benzene rings is 1. The van der Waals surface area contributed by atoms with Gasteiger partial charge in [0.25, 0.3) is 0 Å². The van der Waals surface area contributed by atoms with Crippen molar-refractivity contribution in [1.29, 1.82) is 0 Å². The van der Waals surface area contributed by atoms with Crippen LogP contribution in [0.5, 0.6) is 0 Å². The molecule has 2 rings (SSSR count). The lowest BCUT2D eigenvalue weighted by Gasteiger charge is -2.19. The number of likely N-dealkylation sites (tertiary alicyclic amines) is 1. The Balaban J connectivity index is 2.12. The second-order valence-electron chi connectivity index (χ2n) is 4.92. The molecule has 1 aliphatic rings. The van der Waals surface area contributed by atoms with E-state index in [0.29, 0.717) is 0 Å². The van der Waals surface area contributed by atoms with E-state index in [1.165, 1.54) is 11.0 Å². The van der Waals surface area contributed by atoms with Crippen molar-refractivity contribution in [3.8, 4) is 0 Å². The largest absolute Gasteiger partial charge is 0.480 e. The lowest BCUT2D eigenvalue weighted by atomic mass is 10.1. The van der Waals surface area contributed by atoms with Crippen molar-refractivity contribution >= 4 is 18.0 Å². The number of hydrogen-bond acceptors (Lipinski definition) is 3. The van der Waals surface area contributed by atoms with Crippen molar-refractivity contribution in [3.63, 3.8) is 0 Å². The number of aliphatic carboxylic acids is 1.